The largest absolute Gasteiger partial charge is 0.384 e. The van der Waals surface area contributed by atoms with Crippen LogP contribution in [0, 0.1) is 0 Å². The normalized spacial score (nSPS) is 19.1. The first kappa shape index (κ1) is 20.0. The Kier molecular flexibility index (Phi) is 5.35. The van der Waals surface area contributed by atoms with Crippen molar-refractivity contribution in [2.75, 3.05) is 37.6 Å². The van der Waals surface area contributed by atoms with Crippen LogP contribution in [0.1, 0.15) is 12.5 Å². The van der Waals surface area contributed by atoms with Crippen molar-refractivity contribution in [3.63, 3.8) is 0 Å². The van der Waals surface area contributed by atoms with Gasteiger partial charge in [-0.25, -0.2) is 19.9 Å². The molecule has 0 radical (unpaired) electrons. The van der Waals surface area contributed by atoms with E-state index in [4.69, 9.17) is 0 Å². The van der Waals surface area contributed by atoms with Gasteiger partial charge in [-0.3, -0.25) is 4.57 Å². The van der Waals surface area contributed by atoms with E-state index >= 15 is 0 Å². The summed E-state index contributed by atoms with van der Waals surface area (Å²) < 4.78 is 2.05. The Labute approximate surface area is 184 Å². The van der Waals surface area contributed by atoms with E-state index in [0.717, 1.165) is 72.1 Å². The molecule has 8 heteroatoms. The number of imidazole rings is 1. The number of amides is 2. The highest BCUT2D eigenvalue weighted by Gasteiger charge is 2.31. The quantitative estimate of drug-likeness (QED) is 0.636. The third-order valence-corrected chi connectivity index (χ3v) is 6.74. The number of imide groups is 1. The molecule has 0 spiro atoms. The highest BCUT2D eigenvalue weighted by atomic mass is 32.2. The predicted molar refractivity (Wildman–Crippen MR) is 123 cm³/mol. The maximum Gasteiger partial charge on any atom is 0.384 e. The summed E-state index contributed by atoms with van der Waals surface area (Å²) in [6.45, 7) is 7.64. The molecule has 31 heavy (non-hydrogen) atoms. The lowest BCUT2D eigenvalue weighted by atomic mass is 10.1. The third-order valence-electron chi connectivity index (χ3n) is 5.88. The number of nitrogens with zero attached hydrogens (tertiary/aromatic N) is 4. The Bertz CT molecular complexity index is 1180. The molecule has 0 saturated carbocycles. The van der Waals surface area contributed by atoms with Gasteiger partial charge in [-0.2, -0.15) is 0 Å². The molecule has 2 saturated heterocycles. The van der Waals surface area contributed by atoms with Crippen molar-refractivity contribution < 1.29 is 14.9 Å². The predicted octanol–water partition coefficient (Wildman–Crippen LogP) is 2.47. The first-order valence-electron chi connectivity index (χ1n) is 10.5. The number of hydrogen-bond acceptors (Lipinski definition) is 6. The van der Waals surface area contributed by atoms with E-state index in [-0.39, 0.29) is 11.1 Å². The minimum Gasteiger partial charge on any atom is -0.369 e. The van der Waals surface area contributed by atoms with Crippen LogP contribution in [0.4, 0.5) is 10.5 Å². The van der Waals surface area contributed by atoms with Crippen LogP contribution in [0.2, 0.25) is 0 Å². The second-order valence-corrected chi connectivity index (χ2v) is 8.79. The number of rotatable bonds is 4. The minimum absolute atomic E-state index is 0.210. The van der Waals surface area contributed by atoms with Gasteiger partial charge in [0.25, 0.3) is 0 Å². The average molecular weight is 435 g/mol. The van der Waals surface area contributed by atoms with Gasteiger partial charge in [0.2, 0.25) is 0 Å². The summed E-state index contributed by atoms with van der Waals surface area (Å²) in [6.07, 6.45) is 3.59. The Morgan fingerprint density at radius 2 is 1.77 bits per heavy atom. The van der Waals surface area contributed by atoms with Gasteiger partial charge in [-0.15, -0.1) is 0 Å². The molecule has 158 valence electrons. The summed E-state index contributed by atoms with van der Waals surface area (Å²) in [4.78, 5) is 33.2. The van der Waals surface area contributed by atoms with Crippen LogP contribution < -0.4 is 10.2 Å². The Morgan fingerprint density at radius 3 is 2.45 bits per heavy atom. The minimum atomic E-state index is -0.223. The van der Waals surface area contributed by atoms with Gasteiger partial charge < -0.3 is 9.80 Å². The van der Waals surface area contributed by atoms with Crippen molar-refractivity contribution >= 4 is 45.7 Å². The molecule has 1 aromatic heterocycles. The number of carbonyl (C=O) groups excluding carboxylic acids is 2. The molecule has 2 amide bonds. The maximum atomic E-state index is 11.9. The molecular weight excluding hydrogens is 410 g/mol. The topological polar surface area (TPSA) is 75.1 Å². The van der Waals surface area contributed by atoms with E-state index in [2.05, 4.69) is 50.5 Å². The van der Waals surface area contributed by atoms with Gasteiger partial charge in [0, 0.05) is 49.3 Å². The second-order valence-electron chi connectivity index (χ2n) is 7.74. The molecule has 3 heterocycles. The highest BCUT2D eigenvalue weighted by Crippen LogP contribution is 2.26. The smallest absolute Gasteiger partial charge is 0.369 e. The highest BCUT2D eigenvalue weighted by molar-refractivity contribution is 8.17. The van der Waals surface area contributed by atoms with E-state index in [1.807, 2.05) is 24.5 Å². The number of piperazine rings is 1. The molecule has 2 fully saturated rings. The first-order valence-corrected chi connectivity index (χ1v) is 11.3. The van der Waals surface area contributed by atoms with Gasteiger partial charge in [0.05, 0.1) is 11.0 Å². The summed E-state index contributed by atoms with van der Waals surface area (Å²) in [6, 6.07) is 14.4. The Morgan fingerprint density at radius 1 is 1.03 bits per heavy atom. The van der Waals surface area contributed by atoms with Crippen LogP contribution >= 0.6 is 11.8 Å². The van der Waals surface area contributed by atoms with Gasteiger partial charge in [0.1, 0.15) is 11.2 Å². The number of hydrogen-bond donors (Lipinski definition) is 1. The van der Waals surface area contributed by atoms with Crippen molar-refractivity contribution in [1.29, 1.82) is 0 Å². The summed E-state index contributed by atoms with van der Waals surface area (Å²) >= 11 is 0.980. The average Bonchev–Trinajstić information content (AvgIpc) is 3.36. The number of nitrogens with two attached hydrogens (primary N) is 1. The zero-order valence-corrected chi connectivity index (χ0v) is 18.1. The summed E-state index contributed by atoms with van der Waals surface area (Å²) in [5.41, 5.74) is 5.00. The van der Waals surface area contributed by atoms with E-state index in [9.17, 15) is 9.59 Å². The van der Waals surface area contributed by atoms with Crippen molar-refractivity contribution in [3.8, 4) is 5.69 Å². The zero-order chi connectivity index (χ0) is 21.4. The van der Waals surface area contributed by atoms with E-state index in [0.29, 0.717) is 4.91 Å². The van der Waals surface area contributed by atoms with Crippen molar-refractivity contribution in [2.45, 2.75) is 6.92 Å². The molecule has 0 aliphatic carbocycles. The van der Waals surface area contributed by atoms with Crippen LogP contribution in [0.25, 0.3) is 22.8 Å². The number of fused-ring (bicyclic) bond motifs is 1. The summed E-state index contributed by atoms with van der Waals surface area (Å²) in [5, 5.41) is 0.932. The fraction of sp³-hybridized carbons (Fsp3) is 0.261. The van der Waals surface area contributed by atoms with E-state index < -0.39 is 0 Å². The van der Waals surface area contributed by atoms with Crippen molar-refractivity contribution in [1.82, 2.24) is 14.5 Å². The SMILES string of the molecule is CCN1CCN(c2ccc(-n3cnc4ccc(/C=C5\SC(=O)[NH2+]C5=O)cc43)cc2)CC1. The maximum absolute atomic E-state index is 11.9. The number of anilines is 1. The lowest BCUT2D eigenvalue weighted by Gasteiger charge is -2.35. The molecule has 0 bridgehead atoms. The number of aromatic nitrogens is 2. The number of carbonyl (C=O) groups is 2. The van der Waals surface area contributed by atoms with Crippen molar-refractivity contribution in [2.24, 2.45) is 0 Å². The molecule has 2 aromatic carbocycles. The lowest BCUT2D eigenvalue weighted by Crippen LogP contribution is -2.87. The molecule has 7 nitrogen and oxygen atoms in total. The lowest BCUT2D eigenvalue weighted by molar-refractivity contribution is -0.451. The molecule has 2 aliphatic heterocycles. The first-order chi connectivity index (χ1) is 15.1. The van der Waals surface area contributed by atoms with Crippen LogP contribution in [-0.4, -0.2) is 58.3 Å². The monoisotopic (exact) mass is 434 g/mol. The fourth-order valence-corrected chi connectivity index (χ4v) is 4.82. The van der Waals surface area contributed by atoms with Gasteiger partial charge in [-0.05, 0) is 54.6 Å². The Balaban J connectivity index is 1.41. The molecule has 2 aliphatic rings. The van der Waals surface area contributed by atoms with Crippen molar-refractivity contribution in [3.05, 3.63) is 59.3 Å². The Hall–Kier alpha value is -2.94. The standard InChI is InChI=1S/C23H23N5O2S/c1-2-26-9-11-27(12-10-26)17-4-6-18(7-5-17)28-15-24-19-8-3-16(13-20(19)28)14-21-22(29)25-23(30)31-21/h3-8,13-15H,2,9-12H2,1H3,(H,25,29,30)/p+1/b21-14-. The number of thioether (sulfide) groups is 1. The number of likely N-dealkylation sites (N-methyl/N-ethyl adjacent to an activating group) is 1. The second kappa shape index (κ2) is 8.30. The number of benzene rings is 2. The summed E-state index contributed by atoms with van der Waals surface area (Å²) in [7, 11) is 0. The van der Waals surface area contributed by atoms with Crippen LogP contribution in [0.15, 0.2) is 53.7 Å². The van der Waals surface area contributed by atoms with Crippen LogP contribution in [0.3, 0.4) is 0 Å². The summed E-state index contributed by atoms with van der Waals surface area (Å²) in [5.74, 6) is -0.223. The molecule has 5 rings (SSSR count). The van der Waals surface area contributed by atoms with Gasteiger partial charge in [0.15, 0.2) is 0 Å². The third kappa shape index (κ3) is 4.01. The molecule has 3 aromatic rings. The number of primary amides is 2. The molecule has 2 N–H and O–H groups in total. The van der Waals surface area contributed by atoms with Crippen LogP contribution in [-0.2, 0) is 4.79 Å². The molecular formula is C23H24N5O2S+. The zero-order valence-electron chi connectivity index (χ0n) is 17.3. The molecule has 0 atom stereocenters. The number of quaternary nitrogens is 1. The fourth-order valence-electron chi connectivity index (χ4n) is 4.08. The van der Waals surface area contributed by atoms with E-state index in [1.165, 1.54) is 5.69 Å². The molecule has 0 unspecified atom stereocenters. The van der Waals surface area contributed by atoms with E-state index in [1.54, 1.807) is 6.08 Å². The van der Waals surface area contributed by atoms with Gasteiger partial charge >= 0.3 is 11.1 Å². The van der Waals surface area contributed by atoms with Crippen LogP contribution in [0.5, 0.6) is 0 Å². The van der Waals surface area contributed by atoms with Gasteiger partial charge in [-0.1, -0.05) is 13.0 Å².